The van der Waals surface area contributed by atoms with Crippen LogP contribution in [0.3, 0.4) is 0 Å². The van der Waals surface area contributed by atoms with E-state index >= 15 is 0 Å². The topological polar surface area (TPSA) is 54.8 Å². The quantitative estimate of drug-likeness (QED) is 0.747. The Bertz CT molecular complexity index is 385. The molecule has 0 bridgehead atoms. The van der Waals surface area contributed by atoms with E-state index in [2.05, 4.69) is 4.90 Å². The Morgan fingerprint density at radius 2 is 1.89 bits per heavy atom. The highest BCUT2D eigenvalue weighted by Gasteiger charge is 2.30. The summed E-state index contributed by atoms with van der Waals surface area (Å²) in [4.78, 5) is 7.90. The maximum atomic E-state index is 9.44. The van der Waals surface area contributed by atoms with E-state index in [-0.39, 0.29) is 6.61 Å². The molecule has 0 radical (unpaired) electrons. The van der Waals surface area contributed by atoms with Gasteiger partial charge in [-0.1, -0.05) is 11.3 Å². The molecule has 1 aromatic heterocycles. The highest BCUT2D eigenvalue weighted by Crippen LogP contribution is 2.44. The fraction of sp³-hybridized carbons (Fsp3) is 0.769. The van der Waals surface area contributed by atoms with Crippen molar-refractivity contribution in [2.75, 3.05) is 45.4 Å². The smallest absolute Gasteiger partial charge is 0.186 e. The number of aliphatic hydroxyl groups excluding tert-OH is 1. The molecule has 6 heteroatoms. The van der Waals surface area contributed by atoms with Crippen LogP contribution in [0.15, 0.2) is 0 Å². The van der Waals surface area contributed by atoms with E-state index in [4.69, 9.17) is 14.5 Å². The van der Waals surface area contributed by atoms with Crippen LogP contribution in [0.25, 0.3) is 0 Å². The van der Waals surface area contributed by atoms with Gasteiger partial charge in [0.2, 0.25) is 0 Å². The van der Waals surface area contributed by atoms with Gasteiger partial charge in [0.15, 0.2) is 5.13 Å². The summed E-state index contributed by atoms with van der Waals surface area (Å²) < 4.78 is 10.3. The minimum atomic E-state index is 0.0892. The molecule has 19 heavy (non-hydrogen) atoms. The van der Waals surface area contributed by atoms with Crippen LogP contribution in [0.5, 0.6) is 0 Å². The van der Waals surface area contributed by atoms with E-state index in [1.807, 2.05) is 0 Å². The van der Waals surface area contributed by atoms with Crippen molar-refractivity contribution < 1.29 is 14.6 Å². The van der Waals surface area contributed by atoms with Crippen LogP contribution in [0, 0.1) is 0 Å². The Balaban J connectivity index is 2.10. The van der Waals surface area contributed by atoms with Gasteiger partial charge in [0, 0.05) is 33.2 Å². The lowest BCUT2D eigenvalue weighted by Crippen LogP contribution is -2.30. The first-order chi connectivity index (χ1) is 9.30. The minimum Gasteiger partial charge on any atom is -0.391 e. The third-order valence-electron chi connectivity index (χ3n) is 3.23. The van der Waals surface area contributed by atoms with Crippen molar-refractivity contribution in [2.24, 2.45) is 0 Å². The second kappa shape index (κ2) is 7.19. The van der Waals surface area contributed by atoms with E-state index in [0.717, 1.165) is 28.8 Å². The van der Waals surface area contributed by atoms with Crippen molar-refractivity contribution in [3.05, 3.63) is 10.6 Å². The van der Waals surface area contributed by atoms with E-state index in [0.29, 0.717) is 19.1 Å². The molecule has 1 aliphatic rings. The van der Waals surface area contributed by atoms with Crippen LogP contribution in [-0.2, 0) is 16.1 Å². The number of hydrogen-bond acceptors (Lipinski definition) is 6. The van der Waals surface area contributed by atoms with Crippen LogP contribution in [0.2, 0.25) is 0 Å². The van der Waals surface area contributed by atoms with Crippen molar-refractivity contribution in [3.63, 3.8) is 0 Å². The first kappa shape index (κ1) is 14.7. The fourth-order valence-electron chi connectivity index (χ4n) is 1.98. The first-order valence-corrected chi connectivity index (χ1v) is 7.45. The molecular weight excluding hydrogens is 264 g/mol. The fourth-order valence-corrected chi connectivity index (χ4v) is 3.04. The van der Waals surface area contributed by atoms with Gasteiger partial charge in [0.1, 0.15) is 0 Å². The Labute approximate surface area is 118 Å². The van der Waals surface area contributed by atoms with Crippen molar-refractivity contribution in [2.45, 2.75) is 25.4 Å². The van der Waals surface area contributed by atoms with Crippen LogP contribution in [0.4, 0.5) is 5.13 Å². The molecular formula is C13H22N2O3S. The average molecular weight is 286 g/mol. The van der Waals surface area contributed by atoms with Crippen LogP contribution < -0.4 is 4.90 Å². The van der Waals surface area contributed by atoms with Gasteiger partial charge in [-0.3, -0.25) is 0 Å². The summed E-state index contributed by atoms with van der Waals surface area (Å²) in [5.74, 6) is 0.568. The number of anilines is 1. The molecule has 0 atom stereocenters. The zero-order valence-electron chi connectivity index (χ0n) is 11.6. The van der Waals surface area contributed by atoms with E-state index < -0.39 is 0 Å². The summed E-state index contributed by atoms with van der Waals surface area (Å²) in [6, 6.07) is 0. The number of hydrogen-bond donors (Lipinski definition) is 1. The summed E-state index contributed by atoms with van der Waals surface area (Å²) in [5, 5.41) is 10.4. The van der Waals surface area contributed by atoms with Crippen molar-refractivity contribution >= 4 is 16.5 Å². The number of aliphatic hydroxyl groups is 1. The molecule has 2 rings (SSSR count). The van der Waals surface area contributed by atoms with Crippen molar-refractivity contribution in [3.8, 4) is 0 Å². The summed E-state index contributed by atoms with van der Waals surface area (Å²) >= 11 is 1.59. The van der Waals surface area contributed by atoms with Gasteiger partial charge in [0.25, 0.3) is 0 Å². The summed E-state index contributed by atoms with van der Waals surface area (Å²) in [6.45, 7) is 3.00. The zero-order chi connectivity index (χ0) is 13.7. The van der Waals surface area contributed by atoms with Gasteiger partial charge in [0.05, 0.1) is 30.4 Å². The standard InChI is InChI=1S/C13H22N2O3S/c1-17-7-5-15(6-8-18-2)13-14-12(10-3-4-10)11(9-16)19-13/h10,16H,3-9H2,1-2H3. The second-order valence-electron chi connectivity index (χ2n) is 4.71. The van der Waals surface area contributed by atoms with Gasteiger partial charge in [-0.05, 0) is 12.8 Å². The molecule has 0 aromatic carbocycles. The minimum absolute atomic E-state index is 0.0892. The molecule has 1 N–H and O–H groups in total. The van der Waals surface area contributed by atoms with Gasteiger partial charge < -0.3 is 19.5 Å². The van der Waals surface area contributed by atoms with Gasteiger partial charge in [-0.2, -0.15) is 0 Å². The van der Waals surface area contributed by atoms with Crippen molar-refractivity contribution in [1.82, 2.24) is 4.98 Å². The lowest BCUT2D eigenvalue weighted by atomic mass is 10.2. The predicted molar refractivity (Wildman–Crippen MR) is 76.0 cm³/mol. The normalized spacial score (nSPS) is 14.9. The number of nitrogens with zero attached hydrogens (tertiary/aromatic N) is 2. The Kier molecular flexibility index (Phi) is 5.57. The molecule has 1 aliphatic carbocycles. The van der Waals surface area contributed by atoms with Crippen LogP contribution in [0.1, 0.15) is 29.3 Å². The lowest BCUT2D eigenvalue weighted by molar-refractivity contribution is 0.190. The third-order valence-corrected chi connectivity index (χ3v) is 4.34. The van der Waals surface area contributed by atoms with Gasteiger partial charge >= 0.3 is 0 Å². The van der Waals surface area contributed by atoms with Crippen LogP contribution >= 0.6 is 11.3 Å². The van der Waals surface area contributed by atoms with Gasteiger partial charge in [-0.25, -0.2) is 4.98 Å². The molecule has 1 heterocycles. The summed E-state index contributed by atoms with van der Waals surface area (Å²) in [5.41, 5.74) is 1.10. The number of ether oxygens (including phenoxy) is 2. The maximum Gasteiger partial charge on any atom is 0.186 e. The van der Waals surface area contributed by atoms with Crippen molar-refractivity contribution in [1.29, 1.82) is 0 Å². The molecule has 0 unspecified atom stereocenters. The van der Waals surface area contributed by atoms with E-state index in [9.17, 15) is 5.11 Å². The van der Waals surface area contributed by atoms with Gasteiger partial charge in [-0.15, -0.1) is 0 Å². The SMILES string of the molecule is COCCN(CCOC)c1nc(C2CC2)c(CO)s1. The molecule has 108 valence electrons. The molecule has 5 nitrogen and oxygen atoms in total. The van der Waals surface area contributed by atoms with E-state index in [1.165, 1.54) is 12.8 Å². The molecule has 0 amide bonds. The molecule has 0 spiro atoms. The molecule has 1 aromatic rings. The maximum absolute atomic E-state index is 9.44. The first-order valence-electron chi connectivity index (χ1n) is 6.63. The number of methoxy groups -OCH3 is 2. The lowest BCUT2D eigenvalue weighted by Gasteiger charge is -2.20. The predicted octanol–water partition coefficient (Wildman–Crippen LogP) is 1.61. The average Bonchev–Trinajstić information content (AvgIpc) is 3.19. The Hall–Kier alpha value is -0.690. The number of aromatic nitrogens is 1. The summed E-state index contributed by atoms with van der Waals surface area (Å²) in [6.07, 6.45) is 2.40. The van der Waals surface area contributed by atoms with Crippen LogP contribution in [-0.4, -0.2) is 50.6 Å². The zero-order valence-corrected chi connectivity index (χ0v) is 12.4. The highest BCUT2D eigenvalue weighted by molar-refractivity contribution is 7.15. The number of rotatable bonds is 9. The Morgan fingerprint density at radius 3 is 2.37 bits per heavy atom. The second-order valence-corrected chi connectivity index (χ2v) is 5.77. The molecule has 0 saturated heterocycles. The Morgan fingerprint density at radius 1 is 1.26 bits per heavy atom. The number of thiazole rings is 1. The molecule has 1 saturated carbocycles. The molecule has 0 aliphatic heterocycles. The molecule has 1 fully saturated rings. The monoisotopic (exact) mass is 286 g/mol. The highest BCUT2D eigenvalue weighted by atomic mass is 32.1. The summed E-state index contributed by atoms with van der Waals surface area (Å²) in [7, 11) is 3.40. The van der Waals surface area contributed by atoms with E-state index in [1.54, 1.807) is 25.6 Å². The largest absolute Gasteiger partial charge is 0.391 e. The third kappa shape index (κ3) is 3.89.